The van der Waals surface area contributed by atoms with Crippen molar-refractivity contribution in [2.45, 2.75) is 29.7 Å². The second kappa shape index (κ2) is 4.96. The standard InChI is InChI=1S/C10H16ClN3O2S/c1-14-10(5-6-12-14)17(15,16)13-7-8-3-2-4-9(8)11/h5-6,8-9,13H,2-4,7H2,1H3. The van der Waals surface area contributed by atoms with Gasteiger partial charge >= 0.3 is 0 Å². The molecule has 1 heterocycles. The first kappa shape index (κ1) is 12.9. The lowest BCUT2D eigenvalue weighted by Crippen LogP contribution is -2.32. The molecule has 0 saturated heterocycles. The molecule has 1 saturated carbocycles. The average molecular weight is 278 g/mol. The number of aryl methyl sites for hydroxylation is 1. The molecule has 1 aliphatic rings. The van der Waals surface area contributed by atoms with Gasteiger partial charge in [0, 0.05) is 19.0 Å². The molecule has 2 atom stereocenters. The number of aromatic nitrogens is 2. The van der Waals surface area contributed by atoms with E-state index in [1.54, 1.807) is 7.05 Å². The van der Waals surface area contributed by atoms with Gasteiger partial charge in [0.2, 0.25) is 0 Å². The zero-order valence-electron chi connectivity index (χ0n) is 9.63. The normalized spacial score (nSPS) is 25.3. The van der Waals surface area contributed by atoms with Gasteiger partial charge in [0.1, 0.15) is 0 Å². The molecule has 0 bridgehead atoms. The minimum Gasteiger partial charge on any atom is -0.256 e. The Bertz CT molecular complexity index is 485. The second-order valence-electron chi connectivity index (χ2n) is 4.35. The fourth-order valence-electron chi connectivity index (χ4n) is 2.14. The fourth-order valence-corrected chi connectivity index (χ4v) is 3.72. The Balaban J connectivity index is 2.01. The van der Waals surface area contributed by atoms with Gasteiger partial charge in [0.05, 0.1) is 6.20 Å². The number of alkyl halides is 1. The monoisotopic (exact) mass is 277 g/mol. The number of hydrogen-bond acceptors (Lipinski definition) is 3. The van der Waals surface area contributed by atoms with Crippen LogP contribution in [0.4, 0.5) is 0 Å². The Morgan fingerprint density at radius 3 is 2.88 bits per heavy atom. The third-order valence-corrected chi connectivity index (χ3v) is 5.23. The molecule has 1 N–H and O–H groups in total. The number of nitrogens with zero attached hydrogens (tertiary/aromatic N) is 2. The maximum Gasteiger partial charge on any atom is 0.257 e. The van der Waals surface area contributed by atoms with Gasteiger partial charge in [0.25, 0.3) is 10.0 Å². The van der Waals surface area contributed by atoms with Crippen molar-refractivity contribution >= 4 is 21.6 Å². The summed E-state index contributed by atoms with van der Waals surface area (Å²) in [7, 11) is -1.86. The van der Waals surface area contributed by atoms with E-state index < -0.39 is 10.0 Å². The maximum absolute atomic E-state index is 12.0. The average Bonchev–Trinajstić information content (AvgIpc) is 2.85. The molecule has 0 amide bonds. The Labute approximate surface area is 106 Å². The predicted molar refractivity (Wildman–Crippen MR) is 65.4 cm³/mol. The molecule has 0 aliphatic heterocycles. The van der Waals surface area contributed by atoms with E-state index in [1.807, 2.05) is 0 Å². The van der Waals surface area contributed by atoms with E-state index >= 15 is 0 Å². The maximum atomic E-state index is 12.0. The summed E-state index contributed by atoms with van der Waals surface area (Å²) < 4.78 is 27.9. The number of rotatable bonds is 4. The first-order valence-electron chi connectivity index (χ1n) is 5.62. The first-order valence-corrected chi connectivity index (χ1v) is 7.54. The van der Waals surface area contributed by atoms with Gasteiger partial charge in [-0.2, -0.15) is 5.10 Å². The predicted octanol–water partition coefficient (Wildman–Crippen LogP) is 1.11. The second-order valence-corrected chi connectivity index (χ2v) is 6.63. The van der Waals surface area contributed by atoms with Crippen LogP contribution < -0.4 is 4.72 Å². The summed E-state index contributed by atoms with van der Waals surface area (Å²) in [5, 5.41) is 4.12. The highest BCUT2D eigenvalue weighted by atomic mass is 35.5. The molecule has 17 heavy (non-hydrogen) atoms. The Morgan fingerprint density at radius 1 is 1.59 bits per heavy atom. The summed E-state index contributed by atoms with van der Waals surface area (Å²) >= 11 is 6.11. The molecular weight excluding hydrogens is 262 g/mol. The zero-order chi connectivity index (χ0) is 12.5. The van der Waals surface area contributed by atoms with E-state index in [2.05, 4.69) is 9.82 Å². The summed E-state index contributed by atoms with van der Waals surface area (Å²) in [6.45, 7) is 0.404. The minimum absolute atomic E-state index is 0.0873. The van der Waals surface area contributed by atoms with Crippen molar-refractivity contribution in [3.05, 3.63) is 12.3 Å². The van der Waals surface area contributed by atoms with E-state index in [-0.39, 0.29) is 16.3 Å². The van der Waals surface area contributed by atoms with Crippen LogP contribution in [0.5, 0.6) is 0 Å². The Kier molecular flexibility index (Phi) is 3.75. The molecule has 5 nitrogen and oxygen atoms in total. The van der Waals surface area contributed by atoms with Crippen molar-refractivity contribution in [2.24, 2.45) is 13.0 Å². The molecule has 0 radical (unpaired) electrons. The lowest BCUT2D eigenvalue weighted by molar-refractivity contribution is 0.517. The first-order chi connectivity index (χ1) is 8.00. The highest BCUT2D eigenvalue weighted by molar-refractivity contribution is 7.89. The van der Waals surface area contributed by atoms with Crippen LogP contribution in [0.2, 0.25) is 0 Å². The van der Waals surface area contributed by atoms with E-state index in [9.17, 15) is 8.42 Å². The van der Waals surface area contributed by atoms with Crippen molar-refractivity contribution < 1.29 is 8.42 Å². The molecular formula is C10H16ClN3O2S. The fraction of sp³-hybridized carbons (Fsp3) is 0.700. The van der Waals surface area contributed by atoms with Crippen LogP contribution >= 0.6 is 11.6 Å². The van der Waals surface area contributed by atoms with Crippen LogP contribution in [0.25, 0.3) is 0 Å². The summed E-state index contributed by atoms with van der Waals surface area (Å²) in [4.78, 5) is 0. The molecule has 0 aromatic carbocycles. The van der Waals surface area contributed by atoms with Crippen LogP contribution in [-0.4, -0.2) is 30.1 Å². The Hall–Kier alpha value is -0.590. The summed E-state index contributed by atoms with van der Waals surface area (Å²) in [5.41, 5.74) is 0. The number of nitrogens with one attached hydrogen (secondary N) is 1. The van der Waals surface area contributed by atoms with Crippen molar-refractivity contribution in [1.82, 2.24) is 14.5 Å². The lowest BCUT2D eigenvalue weighted by Gasteiger charge is -2.14. The minimum atomic E-state index is -3.47. The van der Waals surface area contributed by atoms with Gasteiger partial charge in [-0.05, 0) is 24.8 Å². The highest BCUT2D eigenvalue weighted by Gasteiger charge is 2.27. The third kappa shape index (κ3) is 2.81. The SMILES string of the molecule is Cn1nccc1S(=O)(=O)NCC1CCCC1Cl. The lowest BCUT2D eigenvalue weighted by atomic mass is 10.1. The van der Waals surface area contributed by atoms with Gasteiger partial charge in [-0.1, -0.05) is 6.42 Å². The van der Waals surface area contributed by atoms with Crippen LogP contribution in [-0.2, 0) is 17.1 Å². The van der Waals surface area contributed by atoms with Gasteiger partial charge in [-0.3, -0.25) is 4.68 Å². The van der Waals surface area contributed by atoms with Crippen molar-refractivity contribution in [2.75, 3.05) is 6.54 Å². The van der Waals surface area contributed by atoms with E-state index in [1.165, 1.54) is 16.9 Å². The topological polar surface area (TPSA) is 64.0 Å². The number of halogens is 1. The Morgan fingerprint density at radius 2 is 2.35 bits per heavy atom. The molecule has 0 spiro atoms. The van der Waals surface area contributed by atoms with Crippen molar-refractivity contribution in [3.8, 4) is 0 Å². The summed E-state index contributed by atoms with van der Waals surface area (Å²) in [6, 6.07) is 1.48. The third-order valence-electron chi connectivity index (χ3n) is 3.15. The number of hydrogen-bond donors (Lipinski definition) is 1. The van der Waals surface area contributed by atoms with Crippen LogP contribution in [0.15, 0.2) is 17.3 Å². The van der Waals surface area contributed by atoms with Gasteiger partial charge < -0.3 is 0 Å². The van der Waals surface area contributed by atoms with E-state index in [0.717, 1.165) is 19.3 Å². The molecule has 1 aromatic heterocycles. The van der Waals surface area contributed by atoms with Gasteiger partial charge in [-0.15, -0.1) is 11.6 Å². The number of sulfonamides is 1. The summed E-state index contributed by atoms with van der Waals surface area (Å²) in [6.07, 6.45) is 4.50. The molecule has 2 rings (SSSR count). The van der Waals surface area contributed by atoms with Gasteiger partial charge in [-0.25, -0.2) is 13.1 Å². The molecule has 1 fully saturated rings. The van der Waals surface area contributed by atoms with Crippen LogP contribution in [0.1, 0.15) is 19.3 Å². The molecule has 96 valence electrons. The van der Waals surface area contributed by atoms with Crippen molar-refractivity contribution in [1.29, 1.82) is 0 Å². The molecule has 2 unspecified atom stereocenters. The molecule has 7 heteroatoms. The largest absolute Gasteiger partial charge is 0.257 e. The molecule has 1 aromatic rings. The van der Waals surface area contributed by atoms with Crippen molar-refractivity contribution in [3.63, 3.8) is 0 Å². The highest BCUT2D eigenvalue weighted by Crippen LogP contribution is 2.29. The van der Waals surface area contributed by atoms with Crippen LogP contribution in [0.3, 0.4) is 0 Å². The summed E-state index contributed by atoms with van der Waals surface area (Å²) in [5.74, 6) is 0.236. The van der Waals surface area contributed by atoms with Gasteiger partial charge in [0.15, 0.2) is 5.03 Å². The quantitative estimate of drug-likeness (QED) is 0.839. The van der Waals surface area contributed by atoms with E-state index in [4.69, 9.17) is 11.6 Å². The van der Waals surface area contributed by atoms with Crippen LogP contribution in [0, 0.1) is 5.92 Å². The zero-order valence-corrected chi connectivity index (χ0v) is 11.2. The molecule has 1 aliphatic carbocycles. The smallest absolute Gasteiger partial charge is 0.256 e. The van der Waals surface area contributed by atoms with E-state index in [0.29, 0.717) is 6.54 Å².